The molecule has 1 aliphatic carbocycles. The smallest absolute Gasteiger partial charge is 0.259 e. The van der Waals surface area contributed by atoms with E-state index in [1.165, 1.54) is 12.0 Å². The Balaban J connectivity index is 1.74. The zero-order valence-corrected chi connectivity index (χ0v) is 13.3. The van der Waals surface area contributed by atoms with Crippen LogP contribution in [-0.4, -0.2) is 20.3 Å². The predicted molar refractivity (Wildman–Crippen MR) is 84.1 cm³/mol. The van der Waals surface area contributed by atoms with Crippen LogP contribution in [0, 0.1) is 0 Å². The predicted octanol–water partition coefficient (Wildman–Crippen LogP) is 3.76. The Bertz CT molecular complexity index is 781. The third-order valence-electron chi connectivity index (χ3n) is 4.29. The van der Waals surface area contributed by atoms with Gasteiger partial charge in [-0.2, -0.15) is 15.2 Å². The van der Waals surface area contributed by atoms with Crippen LogP contribution in [0.5, 0.6) is 0 Å². The van der Waals surface area contributed by atoms with Crippen molar-refractivity contribution in [3.8, 4) is 11.5 Å². The van der Waals surface area contributed by atoms with E-state index in [9.17, 15) is 0 Å². The van der Waals surface area contributed by atoms with Gasteiger partial charge >= 0.3 is 0 Å². The van der Waals surface area contributed by atoms with Gasteiger partial charge in [0.2, 0.25) is 0 Å². The van der Waals surface area contributed by atoms with Gasteiger partial charge in [-0.3, -0.25) is 0 Å². The van der Waals surface area contributed by atoms with Crippen LogP contribution >= 0.6 is 15.9 Å². The number of halogens is 1. The van der Waals surface area contributed by atoms with Crippen molar-refractivity contribution in [2.75, 3.05) is 0 Å². The minimum Gasteiger partial charge on any atom is -0.334 e. The van der Waals surface area contributed by atoms with E-state index in [1.54, 1.807) is 12.4 Å². The summed E-state index contributed by atoms with van der Waals surface area (Å²) >= 11 is 3.48. The number of hydrogen-bond acceptors (Lipinski definition) is 5. The summed E-state index contributed by atoms with van der Waals surface area (Å²) in [6, 6.07) is 10.2. The van der Waals surface area contributed by atoms with Crippen LogP contribution in [0.4, 0.5) is 0 Å². The first-order valence-corrected chi connectivity index (χ1v) is 7.95. The maximum absolute atomic E-state index is 5.44. The summed E-state index contributed by atoms with van der Waals surface area (Å²) in [6.45, 7) is 0. The number of benzene rings is 1. The lowest BCUT2D eigenvalue weighted by atomic mass is 9.64. The van der Waals surface area contributed by atoms with Gasteiger partial charge in [0, 0.05) is 4.47 Å². The first kappa shape index (κ1) is 13.6. The van der Waals surface area contributed by atoms with Gasteiger partial charge < -0.3 is 4.52 Å². The maximum Gasteiger partial charge on any atom is 0.259 e. The standard InChI is InChI=1S/C16H13BrN4O/c17-13-4-2-12(3-5-13)16(7-1-8-16)15-20-14(22-21-15)11-6-9-18-19-10-11/h2-6,9-10H,1,7-8H2. The average molecular weight is 357 g/mol. The van der Waals surface area contributed by atoms with E-state index in [0.717, 1.165) is 28.7 Å². The lowest BCUT2D eigenvalue weighted by Gasteiger charge is -2.39. The van der Waals surface area contributed by atoms with Gasteiger partial charge in [-0.05, 0) is 36.6 Å². The molecule has 1 aromatic carbocycles. The molecule has 0 saturated heterocycles. The maximum atomic E-state index is 5.44. The third kappa shape index (κ3) is 2.14. The second-order valence-electron chi connectivity index (χ2n) is 5.50. The SMILES string of the molecule is Brc1ccc(C2(c3noc(-c4ccnnc4)n3)CCC2)cc1. The van der Waals surface area contributed by atoms with E-state index in [2.05, 4.69) is 60.5 Å². The van der Waals surface area contributed by atoms with Gasteiger partial charge in [0.25, 0.3) is 5.89 Å². The zero-order chi connectivity index (χ0) is 15.0. The number of hydrogen-bond donors (Lipinski definition) is 0. The van der Waals surface area contributed by atoms with Crippen molar-refractivity contribution in [2.45, 2.75) is 24.7 Å². The summed E-state index contributed by atoms with van der Waals surface area (Å²) in [5, 5.41) is 11.9. The van der Waals surface area contributed by atoms with Gasteiger partial charge in [-0.15, -0.1) is 0 Å². The highest BCUT2D eigenvalue weighted by Crippen LogP contribution is 2.48. The fourth-order valence-corrected chi connectivity index (χ4v) is 3.16. The summed E-state index contributed by atoms with van der Waals surface area (Å²) < 4.78 is 6.51. The number of aromatic nitrogens is 4. The van der Waals surface area contributed by atoms with Crippen LogP contribution in [0.25, 0.3) is 11.5 Å². The number of nitrogens with zero attached hydrogens (tertiary/aromatic N) is 4. The first-order chi connectivity index (χ1) is 10.8. The van der Waals surface area contributed by atoms with Crippen LogP contribution in [0.2, 0.25) is 0 Å². The summed E-state index contributed by atoms with van der Waals surface area (Å²) in [7, 11) is 0. The Hall–Kier alpha value is -2.08. The highest BCUT2D eigenvalue weighted by Gasteiger charge is 2.44. The molecule has 0 amide bonds. The van der Waals surface area contributed by atoms with Gasteiger partial charge in [0.1, 0.15) is 0 Å². The van der Waals surface area contributed by atoms with Crippen molar-refractivity contribution in [1.82, 2.24) is 20.3 Å². The van der Waals surface area contributed by atoms with Crippen molar-refractivity contribution in [1.29, 1.82) is 0 Å². The molecule has 0 atom stereocenters. The zero-order valence-electron chi connectivity index (χ0n) is 11.7. The monoisotopic (exact) mass is 356 g/mol. The van der Waals surface area contributed by atoms with Crippen molar-refractivity contribution in [2.24, 2.45) is 0 Å². The summed E-state index contributed by atoms with van der Waals surface area (Å²) in [5.74, 6) is 1.25. The molecule has 110 valence electrons. The Morgan fingerprint density at radius 3 is 2.50 bits per heavy atom. The van der Waals surface area contributed by atoms with E-state index in [0.29, 0.717) is 5.89 Å². The third-order valence-corrected chi connectivity index (χ3v) is 4.82. The summed E-state index contributed by atoms with van der Waals surface area (Å²) in [6.07, 6.45) is 6.51. The van der Waals surface area contributed by atoms with E-state index >= 15 is 0 Å². The molecule has 1 saturated carbocycles. The number of rotatable bonds is 3. The molecule has 0 unspecified atom stereocenters. The average Bonchev–Trinajstić information content (AvgIpc) is 2.99. The second-order valence-corrected chi connectivity index (χ2v) is 6.41. The van der Waals surface area contributed by atoms with Crippen LogP contribution in [0.3, 0.4) is 0 Å². The fourth-order valence-electron chi connectivity index (χ4n) is 2.89. The first-order valence-electron chi connectivity index (χ1n) is 7.15. The van der Waals surface area contributed by atoms with Crippen LogP contribution < -0.4 is 0 Å². The molecule has 0 bridgehead atoms. The molecule has 0 radical (unpaired) electrons. The molecule has 2 aromatic heterocycles. The second kappa shape index (κ2) is 5.28. The Labute approximate surface area is 135 Å². The summed E-state index contributed by atoms with van der Waals surface area (Å²) in [5.41, 5.74) is 1.91. The van der Waals surface area contributed by atoms with Gasteiger partial charge in [0.15, 0.2) is 5.82 Å². The molecule has 22 heavy (non-hydrogen) atoms. The van der Waals surface area contributed by atoms with Gasteiger partial charge in [-0.1, -0.05) is 39.6 Å². The van der Waals surface area contributed by atoms with E-state index in [4.69, 9.17) is 4.52 Å². The van der Waals surface area contributed by atoms with Crippen LogP contribution in [-0.2, 0) is 5.41 Å². The molecule has 5 nitrogen and oxygen atoms in total. The molecule has 1 fully saturated rings. The summed E-state index contributed by atoms with van der Waals surface area (Å²) in [4.78, 5) is 4.62. The molecule has 4 rings (SSSR count). The van der Waals surface area contributed by atoms with Crippen molar-refractivity contribution in [3.63, 3.8) is 0 Å². The topological polar surface area (TPSA) is 64.7 Å². The Kier molecular flexibility index (Phi) is 3.26. The van der Waals surface area contributed by atoms with Crippen LogP contribution in [0.15, 0.2) is 51.7 Å². The molecule has 0 aliphatic heterocycles. The normalized spacial score (nSPS) is 16.2. The van der Waals surface area contributed by atoms with Crippen molar-refractivity contribution < 1.29 is 4.52 Å². The molecule has 0 spiro atoms. The molecule has 2 heterocycles. The van der Waals surface area contributed by atoms with E-state index < -0.39 is 0 Å². The van der Waals surface area contributed by atoms with E-state index in [1.807, 2.05) is 6.07 Å². The lowest BCUT2D eigenvalue weighted by molar-refractivity contribution is 0.273. The Morgan fingerprint density at radius 1 is 1.05 bits per heavy atom. The fraction of sp³-hybridized carbons (Fsp3) is 0.250. The van der Waals surface area contributed by atoms with Crippen molar-refractivity contribution in [3.05, 3.63) is 58.6 Å². The largest absolute Gasteiger partial charge is 0.334 e. The van der Waals surface area contributed by atoms with Gasteiger partial charge in [0.05, 0.1) is 23.4 Å². The molecule has 0 N–H and O–H groups in total. The minimum absolute atomic E-state index is 0.122. The van der Waals surface area contributed by atoms with Crippen molar-refractivity contribution >= 4 is 15.9 Å². The Morgan fingerprint density at radius 2 is 1.86 bits per heavy atom. The lowest BCUT2D eigenvalue weighted by Crippen LogP contribution is -2.36. The molecule has 3 aromatic rings. The highest BCUT2D eigenvalue weighted by molar-refractivity contribution is 9.10. The van der Waals surface area contributed by atoms with Gasteiger partial charge in [-0.25, -0.2) is 0 Å². The van der Waals surface area contributed by atoms with Crippen LogP contribution in [0.1, 0.15) is 30.7 Å². The highest BCUT2D eigenvalue weighted by atomic mass is 79.9. The quantitative estimate of drug-likeness (QED) is 0.714. The molecule has 6 heteroatoms. The molecule has 1 aliphatic rings. The molecular formula is C16H13BrN4O. The minimum atomic E-state index is -0.122. The van der Waals surface area contributed by atoms with E-state index in [-0.39, 0.29) is 5.41 Å². The molecular weight excluding hydrogens is 344 g/mol.